The second kappa shape index (κ2) is 4.87. The Balaban J connectivity index is 2.78. The number of hydrogen-bond acceptors (Lipinski definition) is 3. The summed E-state index contributed by atoms with van der Waals surface area (Å²) in [5, 5.41) is 16.8. The molecule has 0 saturated heterocycles. The number of nitrogens with zero attached hydrogens (tertiary/aromatic N) is 2. The highest BCUT2D eigenvalue weighted by atomic mass is 16.3. The monoisotopic (exact) mass is 239 g/mol. The number of carbonyl (C=O) groups is 1. The standard InChI is InChI=1S/C12H21N3O2/c1-6-12(4,17)7-13-11(16)10-8(2)14-15(5)9(10)3/h17H,6-7H2,1-5H3,(H,13,16). The molecule has 1 amide bonds. The molecular weight excluding hydrogens is 218 g/mol. The first kappa shape index (κ1) is 13.7. The number of aromatic nitrogens is 2. The molecule has 1 heterocycles. The highest BCUT2D eigenvalue weighted by Crippen LogP contribution is 2.12. The van der Waals surface area contributed by atoms with Gasteiger partial charge in [0.1, 0.15) is 0 Å². The Bertz CT molecular complexity index is 422. The summed E-state index contributed by atoms with van der Waals surface area (Å²) in [6, 6.07) is 0. The quantitative estimate of drug-likeness (QED) is 0.821. The minimum Gasteiger partial charge on any atom is -0.388 e. The largest absolute Gasteiger partial charge is 0.388 e. The minimum atomic E-state index is -0.861. The van der Waals surface area contributed by atoms with Crippen LogP contribution in [0.5, 0.6) is 0 Å². The molecule has 1 atom stereocenters. The van der Waals surface area contributed by atoms with Gasteiger partial charge < -0.3 is 10.4 Å². The lowest BCUT2D eigenvalue weighted by atomic mass is 10.0. The highest BCUT2D eigenvalue weighted by molar-refractivity contribution is 5.96. The van der Waals surface area contributed by atoms with Crippen molar-refractivity contribution in [2.75, 3.05) is 6.54 Å². The molecule has 0 aliphatic carbocycles. The minimum absolute atomic E-state index is 0.179. The maximum Gasteiger partial charge on any atom is 0.255 e. The summed E-state index contributed by atoms with van der Waals surface area (Å²) in [6.45, 7) is 7.49. The molecule has 0 aromatic carbocycles. The van der Waals surface area contributed by atoms with Gasteiger partial charge in [0.15, 0.2) is 0 Å². The van der Waals surface area contributed by atoms with Crippen molar-refractivity contribution in [3.63, 3.8) is 0 Å². The van der Waals surface area contributed by atoms with Gasteiger partial charge in [-0.1, -0.05) is 6.92 Å². The molecule has 0 fully saturated rings. The number of aryl methyl sites for hydroxylation is 2. The van der Waals surface area contributed by atoms with Crippen LogP contribution in [0.2, 0.25) is 0 Å². The zero-order valence-electron chi connectivity index (χ0n) is 11.2. The topological polar surface area (TPSA) is 67.2 Å². The van der Waals surface area contributed by atoms with Gasteiger partial charge in [-0.3, -0.25) is 9.48 Å². The average molecular weight is 239 g/mol. The molecule has 5 heteroatoms. The highest BCUT2D eigenvalue weighted by Gasteiger charge is 2.22. The third-order valence-corrected chi connectivity index (χ3v) is 3.13. The lowest BCUT2D eigenvalue weighted by molar-refractivity contribution is 0.0518. The van der Waals surface area contributed by atoms with Crippen LogP contribution < -0.4 is 5.32 Å². The van der Waals surface area contributed by atoms with Crippen LogP contribution in [0.4, 0.5) is 0 Å². The predicted molar refractivity (Wildman–Crippen MR) is 65.9 cm³/mol. The van der Waals surface area contributed by atoms with Crippen molar-refractivity contribution in [3.05, 3.63) is 17.0 Å². The molecule has 0 radical (unpaired) electrons. The summed E-state index contributed by atoms with van der Waals surface area (Å²) in [5.41, 5.74) is 1.27. The van der Waals surface area contributed by atoms with E-state index in [9.17, 15) is 9.90 Å². The normalized spacial score (nSPS) is 14.5. The lowest BCUT2D eigenvalue weighted by Gasteiger charge is -2.21. The molecule has 0 aliphatic heterocycles. The van der Waals surface area contributed by atoms with E-state index in [1.165, 1.54) is 0 Å². The Morgan fingerprint density at radius 2 is 2.12 bits per heavy atom. The summed E-state index contributed by atoms with van der Waals surface area (Å²) in [6.07, 6.45) is 0.596. The van der Waals surface area contributed by atoms with E-state index in [1.54, 1.807) is 25.6 Å². The number of hydrogen-bond donors (Lipinski definition) is 2. The number of amides is 1. The average Bonchev–Trinajstić information content (AvgIpc) is 2.50. The third kappa shape index (κ3) is 3.06. The fraction of sp³-hybridized carbons (Fsp3) is 0.667. The first-order valence-electron chi connectivity index (χ1n) is 5.79. The van der Waals surface area contributed by atoms with E-state index >= 15 is 0 Å². The lowest BCUT2D eigenvalue weighted by Crippen LogP contribution is -2.40. The molecule has 0 aliphatic rings. The van der Waals surface area contributed by atoms with Gasteiger partial charge in [0.2, 0.25) is 0 Å². The van der Waals surface area contributed by atoms with Crippen molar-refractivity contribution in [1.29, 1.82) is 0 Å². The Kier molecular flexibility index (Phi) is 3.93. The summed E-state index contributed by atoms with van der Waals surface area (Å²) in [4.78, 5) is 12.0. The van der Waals surface area contributed by atoms with E-state index in [2.05, 4.69) is 10.4 Å². The Morgan fingerprint density at radius 3 is 2.53 bits per heavy atom. The van der Waals surface area contributed by atoms with Gasteiger partial charge in [-0.05, 0) is 27.2 Å². The van der Waals surface area contributed by atoms with Crippen LogP contribution >= 0.6 is 0 Å². The number of nitrogens with one attached hydrogen (secondary N) is 1. The van der Waals surface area contributed by atoms with Crippen LogP contribution in [0.3, 0.4) is 0 Å². The smallest absolute Gasteiger partial charge is 0.255 e. The van der Waals surface area contributed by atoms with Crippen molar-refractivity contribution >= 4 is 5.91 Å². The van der Waals surface area contributed by atoms with Gasteiger partial charge in [0.05, 0.1) is 16.9 Å². The molecule has 0 spiro atoms. The SMILES string of the molecule is CCC(C)(O)CNC(=O)c1c(C)nn(C)c1C. The van der Waals surface area contributed by atoms with E-state index < -0.39 is 5.60 Å². The first-order valence-corrected chi connectivity index (χ1v) is 5.79. The zero-order chi connectivity index (χ0) is 13.2. The van der Waals surface area contributed by atoms with Crippen molar-refractivity contribution in [1.82, 2.24) is 15.1 Å². The Hall–Kier alpha value is -1.36. The van der Waals surface area contributed by atoms with Crippen molar-refractivity contribution in [2.24, 2.45) is 7.05 Å². The van der Waals surface area contributed by atoms with Gasteiger partial charge in [0, 0.05) is 19.3 Å². The maximum absolute atomic E-state index is 12.0. The zero-order valence-corrected chi connectivity index (χ0v) is 11.2. The van der Waals surface area contributed by atoms with Crippen LogP contribution in [0, 0.1) is 13.8 Å². The number of aliphatic hydroxyl groups is 1. The summed E-state index contributed by atoms with van der Waals surface area (Å²) >= 11 is 0. The molecule has 0 saturated carbocycles. The maximum atomic E-state index is 12.0. The fourth-order valence-corrected chi connectivity index (χ4v) is 1.59. The molecule has 5 nitrogen and oxygen atoms in total. The van der Waals surface area contributed by atoms with Crippen molar-refractivity contribution in [3.8, 4) is 0 Å². The summed E-state index contributed by atoms with van der Waals surface area (Å²) < 4.78 is 1.68. The van der Waals surface area contributed by atoms with E-state index in [1.807, 2.05) is 13.8 Å². The molecule has 1 aromatic rings. The molecule has 1 rings (SSSR count). The molecule has 1 aromatic heterocycles. The van der Waals surface area contributed by atoms with Crippen LogP contribution in [0.25, 0.3) is 0 Å². The summed E-state index contributed by atoms with van der Waals surface area (Å²) in [5.74, 6) is -0.179. The van der Waals surface area contributed by atoms with Crippen molar-refractivity contribution < 1.29 is 9.90 Å². The molecule has 1 unspecified atom stereocenters. The second-order valence-electron chi connectivity index (χ2n) is 4.70. The van der Waals surface area contributed by atoms with E-state index in [4.69, 9.17) is 0 Å². The molecular formula is C12H21N3O2. The predicted octanol–water partition coefficient (Wildman–Crippen LogP) is 0.928. The molecule has 2 N–H and O–H groups in total. The van der Waals surface area contributed by atoms with E-state index in [-0.39, 0.29) is 12.5 Å². The van der Waals surface area contributed by atoms with E-state index in [0.717, 1.165) is 5.69 Å². The number of carbonyl (C=O) groups excluding carboxylic acids is 1. The molecule has 17 heavy (non-hydrogen) atoms. The van der Waals surface area contributed by atoms with E-state index in [0.29, 0.717) is 17.7 Å². The summed E-state index contributed by atoms with van der Waals surface area (Å²) in [7, 11) is 1.81. The van der Waals surface area contributed by atoms with Gasteiger partial charge in [0.25, 0.3) is 5.91 Å². The Labute approximate surface area is 102 Å². The van der Waals surface area contributed by atoms with Crippen LogP contribution in [-0.2, 0) is 7.05 Å². The Morgan fingerprint density at radius 1 is 1.53 bits per heavy atom. The van der Waals surface area contributed by atoms with Gasteiger partial charge >= 0.3 is 0 Å². The van der Waals surface area contributed by atoms with Crippen LogP contribution in [0.1, 0.15) is 42.0 Å². The molecule has 0 bridgehead atoms. The van der Waals surface area contributed by atoms with Crippen LogP contribution in [0.15, 0.2) is 0 Å². The second-order valence-corrected chi connectivity index (χ2v) is 4.70. The van der Waals surface area contributed by atoms with Crippen molar-refractivity contribution in [2.45, 2.75) is 39.7 Å². The van der Waals surface area contributed by atoms with Gasteiger partial charge in [-0.2, -0.15) is 5.10 Å². The third-order valence-electron chi connectivity index (χ3n) is 3.13. The fourth-order valence-electron chi connectivity index (χ4n) is 1.59. The van der Waals surface area contributed by atoms with Gasteiger partial charge in [-0.25, -0.2) is 0 Å². The molecule has 96 valence electrons. The number of rotatable bonds is 4. The van der Waals surface area contributed by atoms with Gasteiger partial charge in [-0.15, -0.1) is 0 Å². The van der Waals surface area contributed by atoms with Crippen LogP contribution in [-0.4, -0.2) is 32.9 Å². The first-order chi connectivity index (χ1) is 7.78.